The van der Waals surface area contributed by atoms with Gasteiger partial charge in [-0.3, -0.25) is 4.68 Å². The number of aromatic nitrogens is 3. The zero-order valence-electron chi connectivity index (χ0n) is 14.2. The minimum Gasteiger partial charge on any atom is -0.394 e. The van der Waals surface area contributed by atoms with Crippen LogP contribution in [0.4, 0.5) is 10.5 Å². The standard InChI is InChI=1S/C18H21N5O2/c1-12-16-9-14(10-19-17(16)23(2)22-12)20-18(25)21-15(11-24)8-13-6-4-3-5-7-13/h3-7,9-10,15,24H,8,11H2,1-2H3,(H2,20,21,25)/t15-/m0/s1. The third-order valence-electron chi connectivity index (χ3n) is 4.00. The van der Waals surface area contributed by atoms with Crippen LogP contribution in [0.15, 0.2) is 42.6 Å². The summed E-state index contributed by atoms with van der Waals surface area (Å²) in [7, 11) is 1.83. The SMILES string of the molecule is Cc1nn(C)c2ncc(NC(=O)N[C@H](CO)Cc3ccccc3)cc12. The van der Waals surface area contributed by atoms with Crippen LogP contribution in [0.25, 0.3) is 11.0 Å². The highest BCUT2D eigenvalue weighted by Gasteiger charge is 2.13. The normalized spacial score (nSPS) is 12.1. The summed E-state index contributed by atoms with van der Waals surface area (Å²) in [5.74, 6) is 0. The highest BCUT2D eigenvalue weighted by atomic mass is 16.3. The summed E-state index contributed by atoms with van der Waals surface area (Å²) >= 11 is 0. The molecule has 7 heteroatoms. The number of carbonyl (C=O) groups excluding carboxylic acids is 1. The van der Waals surface area contributed by atoms with Crippen LogP contribution in [-0.2, 0) is 13.5 Å². The van der Waals surface area contributed by atoms with E-state index in [-0.39, 0.29) is 18.7 Å². The van der Waals surface area contributed by atoms with E-state index in [1.54, 1.807) is 10.9 Å². The molecule has 0 radical (unpaired) electrons. The second kappa shape index (κ2) is 7.31. The molecule has 0 aliphatic carbocycles. The second-order valence-electron chi connectivity index (χ2n) is 5.97. The van der Waals surface area contributed by atoms with Crippen molar-refractivity contribution < 1.29 is 9.90 Å². The molecule has 1 aromatic carbocycles. The zero-order chi connectivity index (χ0) is 17.8. The van der Waals surface area contributed by atoms with Gasteiger partial charge in [0.25, 0.3) is 0 Å². The molecule has 2 amide bonds. The predicted molar refractivity (Wildman–Crippen MR) is 96.4 cm³/mol. The first kappa shape index (κ1) is 16.9. The number of hydrogen-bond donors (Lipinski definition) is 3. The molecule has 25 heavy (non-hydrogen) atoms. The van der Waals surface area contributed by atoms with Gasteiger partial charge < -0.3 is 15.7 Å². The highest BCUT2D eigenvalue weighted by Crippen LogP contribution is 2.19. The highest BCUT2D eigenvalue weighted by molar-refractivity contribution is 5.92. The van der Waals surface area contributed by atoms with E-state index in [0.717, 1.165) is 22.3 Å². The summed E-state index contributed by atoms with van der Waals surface area (Å²) in [4.78, 5) is 16.5. The average molecular weight is 339 g/mol. The predicted octanol–water partition coefficient (Wildman–Crippen LogP) is 2.00. The van der Waals surface area contributed by atoms with Crippen molar-refractivity contribution in [3.05, 3.63) is 53.9 Å². The number of pyridine rings is 1. The van der Waals surface area contributed by atoms with Crippen LogP contribution >= 0.6 is 0 Å². The maximum atomic E-state index is 12.2. The van der Waals surface area contributed by atoms with Crippen LogP contribution in [0.2, 0.25) is 0 Å². The molecule has 2 heterocycles. The molecule has 0 aliphatic heterocycles. The van der Waals surface area contributed by atoms with Crippen molar-refractivity contribution in [2.75, 3.05) is 11.9 Å². The fraction of sp³-hybridized carbons (Fsp3) is 0.278. The lowest BCUT2D eigenvalue weighted by Gasteiger charge is -2.17. The molecular weight excluding hydrogens is 318 g/mol. The quantitative estimate of drug-likeness (QED) is 0.663. The maximum Gasteiger partial charge on any atom is 0.319 e. The van der Waals surface area contributed by atoms with E-state index < -0.39 is 0 Å². The van der Waals surface area contributed by atoms with Crippen molar-refractivity contribution in [1.29, 1.82) is 0 Å². The fourth-order valence-corrected chi connectivity index (χ4v) is 2.79. The van der Waals surface area contributed by atoms with Crippen LogP contribution in [-0.4, -0.2) is 38.6 Å². The van der Waals surface area contributed by atoms with Gasteiger partial charge in [0.2, 0.25) is 0 Å². The smallest absolute Gasteiger partial charge is 0.319 e. The van der Waals surface area contributed by atoms with Gasteiger partial charge in [0.15, 0.2) is 5.65 Å². The third-order valence-corrected chi connectivity index (χ3v) is 4.00. The molecule has 0 saturated carbocycles. The molecule has 0 bridgehead atoms. The molecule has 0 aliphatic rings. The van der Waals surface area contributed by atoms with E-state index in [2.05, 4.69) is 20.7 Å². The number of nitrogens with zero attached hydrogens (tertiary/aromatic N) is 3. The van der Waals surface area contributed by atoms with E-state index in [9.17, 15) is 9.90 Å². The monoisotopic (exact) mass is 339 g/mol. The van der Waals surface area contributed by atoms with E-state index in [1.807, 2.05) is 50.4 Å². The maximum absolute atomic E-state index is 12.2. The molecule has 3 aromatic rings. The molecule has 1 atom stereocenters. The Hall–Kier alpha value is -2.93. The number of fused-ring (bicyclic) bond motifs is 1. The number of rotatable bonds is 5. The number of benzene rings is 1. The topological polar surface area (TPSA) is 92.1 Å². The van der Waals surface area contributed by atoms with Crippen LogP contribution in [0, 0.1) is 6.92 Å². The van der Waals surface area contributed by atoms with Crippen LogP contribution in [0.5, 0.6) is 0 Å². The van der Waals surface area contributed by atoms with E-state index >= 15 is 0 Å². The number of carbonyl (C=O) groups is 1. The fourth-order valence-electron chi connectivity index (χ4n) is 2.79. The Morgan fingerprint density at radius 2 is 2.08 bits per heavy atom. The van der Waals surface area contributed by atoms with Crippen molar-refractivity contribution in [1.82, 2.24) is 20.1 Å². The summed E-state index contributed by atoms with van der Waals surface area (Å²) in [6.07, 6.45) is 2.15. The number of hydrogen-bond acceptors (Lipinski definition) is 4. The molecular formula is C18H21N5O2. The van der Waals surface area contributed by atoms with Crippen LogP contribution in [0.1, 0.15) is 11.3 Å². The third kappa shape index (κ3) is 3.95. The van der Waals surface area contributed by atoms with Gasteiger partial charge in [0.1, 0.15) is 0 Å². The second-order valence-corrected chi connectivity index (χ2v) is 5.97. The summed E-state index contributed by atoms with van der Waals surface area (Å²) in [6, 6.07) is 10.8. The summed E-state index contributed by atoms with van der Waals surface area (Å²) in [5.41, 5.74) is 3.25. The molecule has 130 valence electrons. The number of aliphatic hydroxyl groups excluding tert-OH is 1. The van der Waals surface area contributed by atoms with Gasteiger partial charge in [0.05, 0.1) is 30.2 Å². The number of anilines is 1. The van der Waals surface area contributed by atoms with Gasteiger partial charge in [-0.2, -0.15) is 5.10 Å². The number of aryl methyl sites for hydroxylation is 2. The summed E-state index contributed by atoms with van der Waals surface area (Å²) in [6.45, 7) is 1.76. The van der Waals surface area contributed by atoms with Crippen LogP contribution < -0.4 is 10.6 Å². The molecule has 3 rings (SSSR count). The summed E-state index contributed by atoms with van der Waals surface area (Å²) < 4.78 is 1.70. The van der Waals surface area contributed by atoms with Crippen molar-refractivity contribution >= 4 is 22.8 Å². The van der Waals surface area contributed by atoms with Crippen molar-refractivity contribution in [2.24, 2.45) is 7.05 Å². The Morgan fingerprint density at radius 3 is 2.80 bits per heavy atom. The average Bonchev–Trinajstić information content (AvgIpc) is 2.89. The Labute approximate surface area is 145 Å². The lowest BCUT2D eigenvalue weighted by molar-refractivity contribution is 0.224. The Kier molecular flexibility index (Phi) is 4.95. The lowest BCUT2D eigenvalue weighted by Crippen LogP contribution is -2.41. The van der Waals surface area contributed by atoms with E-state index in [4.69, 9.17) is 0 Å². The van der Waals surface area contributed by atoms with Gasteiger partial charge >= 0.3 is 6.03 Å². The molecule has 0 fully saturated rings. The van der Waals surface area contributed by atoms with Gasteiger partial charge in [0, 0.05) is 12.4 Å². The van der Waals surface area contributed by atoms with Crippen LogP contribution in [0.3, 0.4) is 0 Å². The summed E-state index contributed by atoms with van der Waals surface area (Å²) in [5, 5.41) is 20.3. The van der Waals surface area contributed by atoms with Gasteiger partial charge in [-0.25, -0.2) is 9.78 Å². The van der Waals surface area contributed by atoms with Gasteiger partial charge in [-0.1, -0.05) is 30.3 Å². The van der Waals surface area contributed by atoms with E-state index in [0.29, 0.717) is 12.1 Å². The zero-order valence-corrected chi connectivity index (χ0v) is 14.2. The largest absolute Gasteiger partial charge is 0.394 e. The Balaban J connectivity index is 1.66. The first-order valence-electron chi connectivity index (χ1n) is 8.08. The Morgan fingerprint density at radius 1 is 1.32 bits per heavy atom. The first-order chi connectivity index (χ1) is 12.1. The molecule has 3 N–H and O–H groups in total. The molecule has 2 aromatic heterocycles. The van der Waals surface area contributed by atoms with Crippen molar-refractivity contribution in [2.45, 2.75) is 19.4 Å². The Bertz CT molecular complexity index is 876. The number of nitrogens with one attached hydrogen (secondary N) is 2. The van der Waals surface area contributed by atoms with Crippen molar-refractivity contribution in [3.63, 3.8) is 0 Å². The van der Waals surface area contributed by atoms with Gasteiger partial charge in [-0.05, 0) is 25.0 Å². The van der Waals surface area contributed by atoms with Crippen molar-refractivity contribution in [3.8, 4) is 0 Å². The minimum atomic E-state index is -0.377. The number of urea groups is 1. The first-order valence-corrected chi connectivity index (χ1v) is 8.08. The lowest BCUT2D eigenvalue weighted by atomic mass is 10.1. The van der Waals surface area contributed by atoms with Gasteiger partial charge in [-0.15, -0.1) is 0 Å². The molecule has 7 nitrogen and oxygen atoms in total. The molecule has 0 spiro atoms. The minimum absolute atomic E-state index is 0.138. The molecule has 0 saturated heterocycles. The molecule has 0 unspecified atom stereocenters. The number of amides is 2. The van der Waals surface area contributed by atoms with E-state index in [1.165, 1.54) is 0 Å². The number of aliphatic hydroxyl groups is 1.